The maximum absolute atomic E-state index is 6.07. The smallest absolute Gasteiger partial charge is 0.153 e. The number of nitrogen functional groups attached to an aromatic ring is 1. The highest BCUT2D eigenvalue weighted by Gasteiger charge is 2.19. The zero-order chi connectivity index (χ0) is 13.9. The van der Waals surface area contributed by atoms with E-state index in [9.17, 15) is 0 Å². The monoisotopic (exact) mass is 269 g/mol. The van der Waals surface area contributed by atoms with Crippen LogP contribution in [0.25, 0.3) is 11.1 Å². The number of nitrogens with one attached hydrogen (secondary N) is 1. The molecule has 1 aromatic heterocycles. The van der Waals surface area contributed by atoms with Crippen LogP contribution in [0.4, 0.5) is 5.82 Å². The average Bonchev–Trinajstić information content (AvgIpc) is 2.82. The number of hydrogen-bond acceptors (Lipinski definition) is 2. The molecular weight excluding hydrogens is 246 g/mol. The number of aryl methyl sites for hydroxylation is 1. The Hall–Kier alpha value is -1.77. The molecule has 3 heteroatoms. The van der Waals surface area contributed by atoms with E-state index in [1.165, 1.54) is 48.9 Å². The van der Waals surface area contributed by atoms with Crippen LogP contribution >= 0.6 is 0 Å². The van der Waals surface area contributed by atoms with Crippen molar-refractivity contribution in [2.24, 2.45) is 5.92 Å². The predicted molar refractivity (Wildman–Crippen MR) is 83.5 cm³/mol. The van der Waals surface area contributed by atoms with Crippen molar-refractivity contribution in [1.29, 1.82) is 0 Å². The van der Waals surface area contributed by atoms with Crippen molar-refractivity contribution < 1.29 is 0 Å². The van der Waals surface area contributed by atoms with Crippen molar-refractivity contribution >= 4 is 5.82 Å². The SMILES string of the molecule is Cc1ccc(-c2c(N)n[nH]c2CC2CCCCC2)cc1. The highest BCUT2D eigenvalue weighted by atomic mass is 15.2. The topological polar surface area (TPSA) is 54.7 Å². The van der Waals surface area contributed by atoms with E-state index in [-0.39, 0.29) is 0 Å². The molecule has 1 heterocycles. The van der Waals surface area contributed by atoms with E-state index in [0.29, 0.717) is 5.82 Å². The van der Waals surface area contributed by atoms with Gasteiger partial charge >= 0.3 is 0 Å². The van der Waals surface area contributed by atoms with E-state index in [2.05, 4.69) is 41.4 Å². The van der Waals surface area contributed by atoms with Gasteiger partial charge in [-0.2, -0.15) is 5.10 Å². The Bertz CT molecular complexity index is 562. The van der Waals surface area contributed by atoms with Gasteiger partial charge in [0, 0.05) is 11.3 Å². The first-order valence-corrected chi connectivity index (χ1v) is 7.64. The number of hydrogen-bond donors (Lipinski definition) is 2. The molecule has 0 bridgehead atoms. The quantitative estimate of drug-likeness (QED) is 0.881. The van der Waals surface area contributed by atoms with Gasteiger partial charge in [-0.25, -0.2) is 0 Å². The van der Waals surface area contributed by atoms with Crippen molar-refractivity contribution in [3.05, 3.63) is 35.5 Å². The number of anilines is 1. The number of H-pyrrole nitrogens is 1. The maximum Gasteiger partial charge on any atom is 0.153 e. The van der Waals surface area contributed by atoms with Crippen molar-refractivity contribution in [3.8, 4) is 11.1 Å². The Morgan fingerprint density at radius 3 is 2.55 bits per heavy atom. The minimum Gasteiger partial charge on any atom is -0.382 e. The molecule has 0 spiro atoms. The minimum atomic E-state index is 0.625. The molecule has 1 aliphatic carbocycles. The standard InChI is InChI=1S/C17H23N3/c1-12-7-9-14(10-8-12)16-15(19-20-17(16)18)11-13-5-3-2-4-6-13/h7-10,13H,2-6,11H2,1H3,(H3,18,19,20). The summed E-state index contributed by atoms with van der Waals surface area (Å²) in [5.41, 5.74) is 10.8. The zero-order valence-corrected chi connectivity index (χ0v) is 12.2. The van der Waals surface area contributed by atoms with E-state index >= 15 is 0 Å². The van der Waals surface area contributed by atoms with Crippen LogP contribution in [0.3, 0.4) is 0 Å². The van der Waals surface area contributed by atoms with Gasteiger partial charge in [-0.1, -0.05) is 61.9 Å². The summed E-state index contributed by atoms with van der Waals surface area (Å²) < 4.78 is 0. The summed E-state index contributed by atoms with van der Waals surface area (Å²) in [7, 11) is 0. The lowest BCUT2D eigenvalue weighted by Gasteiger charge is -2.21. The molecule has 0 amide bonds. The third kappa shape index (κ3) is 2.72. The second-order valence-electron chi connectivity index (χ2n) is 6.04. The molecule has 0 atom stereocenters. The molecule has 1 aromatic carbocycles. The van der Waals surface area contributed by atoms with Crippen molar-refractivity contribution in [3.63, 3.8) is 0 Å². The van der Waals surface area contributed by atoms with E-state index in [1.807, 2.05) is 0 Å². The lowest BCUT2D eigenvalue weighted by atomic mass is 9.85. The van der Waals surface area contributed by atoms with Gasteiger partial charge in [-0.3, -0.25) is 5.10 Å². The van der Waals surface area contributed by atoms with Crippen LogP contribution in [0.2, 0.25) is 0 Å². The lowest BCUT2D eigenvalue weighted by Crippen LogP contribution is -2.10. The van der Waals surface area contributed by atoms with E-state index < -0.39 is 0 Å². The van der Waals surface area contributed by atoms with Crippen LogP contribution in [0.1, 0.15) is 43.4 Å². The van der Waals surface area contributed by atoms with Gasteiger partial charge in [0.05, 0.1) is 0 Å². The highest BCUT2D eigenvalue weighted by Crippen LogP contribution is 2.33. The van der Waals surface area contributed by atoms with Gasteiger partial charge in [0.15, 0.2) is 5.82 Å². The summed E-state index contributed by atoms with van der Waals surface area (Å²) in [4.78, 5) is 0. The highest BCUT2D eigenvalue weighted by molar-refractivity contribution is 5.76. The van der Waals surface area contributed by atoms with Crippen molar-refractivity contribution in [2.45, 2.75) is 45.4 Å². The van der Waals surface area contributed by atoms with Gasteiger partial charge < -0.3 is 5.73 Å². The van der Waals surface area contributed by atoms with Crippen LogP contribution in [0, 0.1) is 12.8 Å². The molecule has 0 radical (unpaired) electrons. The average molecular weight is 269 g/mol. The molecule has 106 valence electrons. The number of aromatic amines is 1. The Balaban J connectivity index is 1.86. The molecule has 0 unspecified atom stereocenters. The molecule has 20 heavy (non-hydrogen) atoms. The molecule has 1 saturated carbocycles. The van der Waals surface area contributed by atoms with Crippen LogP contribution in [-0.2, 0) is 6.42 Å². The van der Waals surface area contributed by atoms with Gasteiger partial charge in [-0.15, -0.1) is 0 Å². The van der Waals surface area contributed by atoms with Crippen LogP contribution < -0.4 is 5.73 Å². The second kappa shape index (κ2) is 5.70. The number of rotatable bonds is 3. The largest absolute Gasteiger partial charge is 0.382 e. The first-order valence-electron chi connectivity index (χ1n) is 7.64. The Morgan fingerprint density at radius 1 is 1.15 bits per heavy atom. The summed E-state index contributed by atoms with van der Waals surface area (Å²) in [6.07, 6.45) is 7.89. The summed E-state index contributed by atoms with van der Waals surface area (Å²) in [6, 6.07) is 8.54. The van der Waals surface area contributed by atoms with E-state index in [4.69, 9.17) is 5.73 Å². The number of nitrogens with two attached hydrogens (primary N) is 1. The molecule has 3 N–H and O–H groups in total. The Morgan fingerprint density at radius 2 is 1.85 bits per heavy atom. The molecular formula is C17H23N3. The van der Waals surface area contributed by atoms with Gasteiger partial charge in [0.2, 0.25) is 0 Å². The number of benzene rings is 1. The first-order chi connectivity index (χ1) is 9.74. The summed E-state index contributed by atoms with van der Waals surface area (Å²) in [5, 5.41) is 7.39. The zero-order valence-electron chi connectivity index (χ0n) is 12.2. The number of aromatic nitrogens is 2. The lowest BCUT2D eigenvalue weighted by molar-refractivity contribution is 0.354. The molecule has 2 aromatic rings. The molecule has 0 saturated heterocycles. The van der Waals surface area contributed by atoms with Crippen LogP contribution in [-0.4, -0.2) is 10.2 Å². The maximum atomic E-state index is 6.07. The fraction of sp³-hybridized carbons (Fsp3) is 0.471. The summed E-state index contributed by atoms with van der Waals surface area (Å²) in [5.74, 6) is 1.41. The Kier molecular flexibility index (Phi) is 3.77. The van der Waals surface area contributed by atoms with Crippen LogP contribution in [0.5, 0.6) is 0 Å². The van der Waals surface area contributed by atoms with Crippen molar-refractivity contribution in [1.82, 2.24) is 10.2 Å². The predicted octanol–water partition coefficient (Wildman–Crippen LogP) is 4.09. The third-order valence-corrected chi connectivity index (χ3v) is 4.43. The Labute approximate surface area is 120 Å². The van der Waals surface area contributed by atoms with Crippen LogP contribution in [0.15, 0.2) is 24.3 Å². The number of nitrogens with zero attached hydrogens (tertiary/aromatic N) is 1. The second-order valence-corrected chi connectivity index (χ2v) is 6.04. The summed E-state index contributed by atoms with van der Waals surface area (Å²) >= 11 is 0. The first kappa shape index (κ1) is 13.2. The molecule has 3 rings (SSSR count). The molecule has 1 fully saturated rings. The molecule has 0 aliphatic heterocycles. The molecule has 1 aliphatic rings. The molecule has 3 nitrogen and oxygen atoms in total. The van der Waals surface area contributed by atoms with E-state index in [1.54, 1.807) is 0 Å². The van der Waals surface area contributed by atoms with Gasteiger partial charge in [0.25, 0.3) is 0 Å². The van der Waals surface area contributed by atoms with Gasteiger partial charge in [-0.05, 0) is 24.8 Å². The summed E-state index contributed by atoms with van der Waals surface area (Å²) in [6.45, 7) is 2.10. The van der Waals surface area contributed by atoms with Gasteiger partial charge in [0.1, 0.15) is 0 Å². The normalized spacial score (nSPS) is 16.4. The van der Waals surface area contributed by atoms with E-state index in [0.717, 1.165) is 17.9 Å². The fourth-order valence-corrected chi connectivity index (χ4v) is 3.26. The van der Waals surface area contributed by atoms with Crippen molar-refractivity contribution in [2.75, 3.05) is 5.73 Å². The fourth-order valence-electron chi connectivity index (χ4n) is 3.26. The third-order valence-electron chi connectivity index (χ3n) is 4.43. The minimum absolute atomic E-state index is 0.625.